The zero-order chi connectivity index (χ0) is 15.8. The summed E-state index contributed by atoms with van der Waals surface area (Å²) in [4.78, 5) is 4.73. The molecule has 0 saturated carbocycles. The van der Waals surface area contributed by atoms with Crippen molar-refractivity contribution in [2.24, 2.45) is 0 Å². The molecule has 0 aliphatic rings. The van der Waals surface area contributed by atoms with Gasteiger partial charge in [0.25, 0.3) is 0 Å². The van der Waals surface area contributed by atoms with Crippen LogP contribution in [0.1, 0.15) is 26.6 Å². The minimum Gasteiger partial charge on any atom is -0.383 e. The van der Waals surface area contributed by atoms with Gasteiger partial charge in [-0.25, -0.2) is 4.98 Å². The topological polar surface area (TPSA) is 43.8 Å². The fourth-order valence-corrected chi connectivity index (χ4v) is 3.04. The van der Waals surface area contributed by atoms with Crippen LogP contribution in [-0.2, 0) is 12.0 Å². The van der Waals surface area contributed by atoms with E-state index in [2.05, 4.69) is 42.6 Å². The lowest BCUT2D eigenvalue weighted by molar-refractivity contribution is 0.517. The molecule has 0 amide bonds. The first-order valence-electron chi connectivity index (χ1n) is 6.51. The molecule has 0 aliphatic carbocycles. The third kappa shape index (κ3) is 3.09. The van der Waals surface area contributed by atoms with Crippen LogP contribution in [0.5, 0.6) is 0 Å². The van der Waals surface area contributed by atoms with E-state index in [4.69, 9.17) is 28.7 Å². The number of hydrogen-bond donors (Lipinski definition) is 1. The van der Waals surface area contributed by atoms with E-state index >= 15 is 0 Å². The summed E-state index contributed by atoms with van der Waals surface area (Å²) in [5, 5.41) is 0.656. The average molecular weight is 367 g/mol. The Hall–Kier alpha value is -1.44. The van der Waals surface area contributed by atoms with Crippen molar-refractivity contribution in [2.45, 2.75) is 32.7 Å². The second kappa shape index (κ2) is 5.75. The van der Waals surface area contributed by atoms with Gasteiger partial charge in [0, 0.05) is 20.5 Å². The SMILES string of the molecule is C#CCn1c(C(C)(C)C)nc(-c2ccc(Cl)cc2Br)c1N. The number of rotatable bonds is 2. The molecule has 0 bridgehead atoms. The number of nitrogens with zero attached hydrogens (tertiary/aromatic N) is 2. The minimum atomic E-state index is -0.151. The molecule has 0 radical (unpaired) electrons. The van der Waals surface area contributed by atoms with Crippen molar-refractivity contribution in [3.05, 3.63) is 33.5 Å². The molecular weight excluding hydrogens is 350 g/mol. The van der Waals surface area contributed by atoms with Crippen LogP contribution in [0.2, 0.25) is 5.02 Å². The van der Waals surface area contributed by atoms with Gasteiger partial charge in [0.05, 0.1) is 6.54 Å². The van der Waals surface area contributed by atoms with Gasteiger partial charge in [-0.2, -0.15) is 0 Å². The average Bonchev–Trinajstić information content (AvgIpc) is 2.68. The summed E-state index contributed by atoms with van der Waals surface area (Å²) in [7, 11) is 0. The number of terminal acetylenes is 1. The molecule has 2 aromatic rings. The van der Waals surface area contributed by atoms with Crippen LogP contribution in [-0.4, -0.2) is 9.55 Å². The van der Waals surface area contributed by atoms with E-state index in [1.54, 1.807) is 0 Å². The van der Waals surface area contributed by atoms with Crippen molar-refractivity contribution >= 4 is 33.3 Å². The molecule has 5 heteroatoms. The van der Waals surface area contributed by atoms with Gasteiger partial charge >= 0.3 is 0 Å². The van der Waals surface area contributed by atoms with Crippen LogP contribution in [0.25, 0.3) is 11.3 Å². The molecule has 0 spiro atoms. The van der Waals surface area contributed by atoms with Crippen molar-refractivity contribution < 1.29 is 0 Å². The molecule has 2 rings (SSSR count). The Balaban J connectivity index is 2.68. The van der Waals surface area contributed by atoms with Gasteiger partial charge in [0.1, 0.15) is 17.3 Å². The third-order valence-electron chi connectivity index (χ3n) is 3.11. The first-order chi connectivity index (χ1) is 9.75. The van der Waals surface area contributed by atoms with Gasteiger partial charge in [0.15, 0.2) is 0 Å². The zero-order valence-electron chi connectivity index (χ0n) is 12.2. The number of benzene rings is 1. The molecule has 1 aromatic carbocycles. The Morgan fingerprint density at radius 2 is 2.10 bits per heavy atom. The van der Waals surface area contributed by atoms with Gasteiger partial charge in [0.2, 0.25) is 0 Å². The molecule has 2 N–H and O–H groups in total. The molecule has 0 unspecified atom stereocenters. The van der Waals surface area contributed by atoms with Crippen LogP contribution >= 0.6 is 27.5 Å². The molecule has 0 fully saturated rings. The van der Waals surface area contributed by atoms with E-state index in [0.29, 0.717) is 17.4 Å². The zero-order valence-corrected chi connectivity index (χ0v) is 14.6. The van der Waals surface area contributed by atoms with Gasteiger partial charge in [-0.1, -0.05) is 60.3 Å². The summed E-state index contributed by atoms with van der Waals surface area (Å²) in [5.74, 6) is 4.08. The molecule has 3 nitrogen and oxygen atoms in total. The van der Waals surface area contributed by atoms with Crippen molar-refractivity contribution in [1.82, 2.24) is 9.55 Å². The second-order valence-corrected chi connectivity index (χ2v) is 7.12. The predicted molar refractivity (Wildman–Crippen MR) is 92.3 cm³/mol. The van der Waals surface area contributed by atoms with E-state index in [1.807, 2.05) is 22.8 Å². The van der Waals surface area contributed by atoms with Gasteiger partial charge in [-0.3, -0.25) is 0 Å². The van der Waals surface area contributed by atoms with E-state index in [-0.39, 0.29) is 5.41 Å². The largest absolute Gasteiger partial charge is 0.383 e. The number of imidazole rings is 1. The summed E-state index contributed by atoms with van der Waals surface area (Å²) in [6.45, 7) is 6.66. The number of nitrogens with two attached hydrogens (primary N) is 1. The Labute approximate surface area is 138 Å². The van der Waals surface area contributed by atoms with Crippen molar-refractivity contribution in [3.63, 3.8) is 0 Å². The highest BCUT2D eigenvalue weighted by Crippen LogP contribution is 2.36. The van der Waals surface area contributed by atoms with Crippen molar-refractivity contribution in [1.29, 1.82) is 0 Å². The number of halogens is 2. The maximum absolute atomic E-state index is 6.28. The second-order valence-electron chi connectivity index (χ2n) is 5.83. The molecule has 1 heterocycles. The highest BCUT2D eigenvalue weighted by Gasteiger charge is 2.25. The standard InChI is InChI=1S/C16H17BrClN3/c1-5-8-21-14(19)13(20-15(21)16(2,3)4)11-7-6-10(18)9-12(11)17/h1,6-7,9H,8,19H2,2-4H3. The molecule has 0 atom stereocenters. The highest BCUT2D eigenvalue weighted by atomic mass is 79.9. The Kier molecular flexibility index (Phi) is 4.36. The Bertz CT molecular complexity index is 720. The van der Waals surface area contributed by atoms with E-state index in [0.717, 1.165) is 21.6 Å². The maximum Gasteiger partial charge on any atom is 0.132 e. The number of anilines is 1. The third-order valence-corrected chi connectivity index (χ3v) is 4.00. The highest BCUT2D eigenvalue weighted by molar-refractivity contribution is 9.10. The van der Waals surface area contributed by atoms with Crippen LogP contribution in [0.3, 0.4) is 0 Å². The lowest BCUT2D eigenvalue weighted by atomic mass is 9.95. The molecule has 110 valence electrons. The minimum absolute atomic E-state index is 0.151. The molecular formula is C16H17BrClN3. The summed E-state index contributed by atoms with van der Waals surface area (Å²) >= 11 is 9.50. The summed E-state index contributed by atoms with van der Waals surface area (Å²) in [6, 6.07) is 5.54. The lowest BCUT2D eigenvalue weighted by Crippen LogP contribution is -2.19. The first-order valence-corrected chi connectivity index (χ1v) is 7.68. The van der Waals surface area contributed by atoms with E-state index < -0.39 is 0 Å². The Morgan fingerprint density at radius 3 is 2.62 bits per heavy atom. The number of nitrogen functional groups attached to an aromatic ring is 1. The van der Waals surface area contributed by atoms with Crippen molar-refractivity contribution in [3.8, 4) is 23.6 Å². The smallest absolute Gasteiger partial charge is 0.132 e. The van der Waals surface area contributed by atoms with Gasteiger partial charge < -0.3 is 10.3 Å². The quantitative estimate of drug-likeness (QED) is 0.796. The monoisotopic (exact) mass is 365 g/mol. The van der Waals surface area contributed by atoms with Crippen molar-refractivity contribution in [2.75, 3.05) is 5.73 Å². The molecule has 0 saturated heterocycles. The fourth-order valence-electron chi connectivity index (χ4n) is 2.17. The molecule has 21 heavy (non-hydrogen) atoms. The number of aromatic nitrogens is 2. The summed E-state index contributed by atoms with van der Waals surface area (Å²) in [5.41, 5.74) is 7.75. The summed E-state index contributed by atoms with van der Waals surface area (Å²) < 4.78 is 2.74. The van der Waals surface area contributed by atoms with Gasteiger partial charge in [-0.15, -0.1) is 6.42 Å². The van der Waals surface area contributed by atoms with E-state index in [1.165, 1.54) is 0 Å². The van der Waals surface area contributed by atoms with Crippen LogP contribution in [0, 0.1) is 12.3 Å². The normalized spacial score (nSPS) is 11.4. The maximum atomic E-state index is 6.28. The Morgan fingerprint density at radius 1 is 1.43 bits per heavy atom. The van der Waals surface area contributed by atoms with Crippen LogP contribution in [0.15, 0.2) is 22.7 Å². The van der Waals surface area contributed by atoms with E-state index in [9.17, 15) is 0 Å². The number of hydrogen-bond acceptors (Lipinski definition) is 2. The first kappa shape index (κ1) is 15.9. The van der Waals surface area contributed by atoms with Gasteiger partial charge in [-0.05, 0) is 12.1 Å². The predicted octanol–water partition coefficient (Wildman–Crippen LogP) is 4.48. The summed E-state index contributed by atoms with van der Waals surface area (Å²) in [6.07, 6.45) is 5.46. The lowest BCUT2D eigenvalue weighted by Gasteiger charge is -2.18. The van der Waals surface area contributed by atoms with Crippen LogP contribution in [0.4, 0.5) is 5.82 Å². The fraction of sp³-hybridized carbons (Fsp3) is 0.312. The molecule has 1 aromatic heterocycles. The molecule has 0 aliphatic heterocycles. The van der Waals surface area contributed by atoms with Crippen LogP contribution < -0.4 is 5.73 Å².